The van der Waals surface area contributed by atoms with E-state index in [4.69, 9.17) is 5.73 Å². The molecule has 3 aromatic heterocycles. The van der Waals surface area contributed by atoms with Crippen LogP contribution in [0.5, 0.6) is 0 Å². The number of aryl methyl sites for hydroxylation is 1. The Morgan fingerprint density at radius 3 is 2.70 bits per heavy atom. The van der Waals surface area contributed by atoms with Gasteiger partial charge in [-0.05, 0) is 17.2 Å². The molecule has 10 heteroatoms. The Balaban J connectivity index is 0.00000126. The number of aromatic nitrogens is 5. The Bertz CT molecular complexity index is 1000. The van der Waals surface area contributed by atoms with E-state index in [1.54, 1.807) is 11.2 Å². The van der Waals surface area contributed by atoms with Crippen molar-refractivity contribution in [3.63, 3.8) is 0 Å². The average molecular weight is 367 g/mol. The molecule has 140 valence electrons. The van der Waals surface area contributed by atoms with Gasteiger partial charge in [-0.25, -0.2) is 24.6 Å². The molecule has 10 nitrogen and oxygen atoms in total. The van der Waals surface area contributed by atoms with Crippen LogP contribution in [0, 0.1) is 18.3 Å². The molecule has 3 aromatic rings. The van der Waals surface area contributed by atoms with Gasteiger partial charge < -0.3 is 10.6 Å². The van der Waals surface area contributed by atoms with Crippen LogP contribution in [-0.4, -0.2) is 50.6 Å². The van der Waals surface area contributed by atoms with Gasteiger partial charge in [-0.1, -0.05) is 13.8 Å². The minimum atomic E-state index is 0.292. The van der Waals surface area contributed by atoms with Crippen LogP contribution in [0.3, 0.4) is 0 Å². The highest BCUT2D eigenvalue weighted by Gasteiger charge is 2.16. The van der Waals surface area contributed by atoms with E-state index < -0.39 is 0 Å². The van der Waals surface area contributed by atoms with Crippen molar-refractivity contribution in [3.05, 3.63) is 28.8 Å². The van der Waals surface area contributed by atoms with Crippen LogP contribution < -0.4 is 5.73 Å². The van der Waals surface area contributed by atoms with Crippen molar-refractivity contribution >= 4 is 29.0 Å². The molecule has 0 saturated carbocycles. The fourth-order valence-corrected chi connectivity index (χ4v) is 2.21. The Labute approximate surface area is 156 Å². The molecule has 0 aromatic carbocycles. The fraction of sp³-hybridized carbons (Fsp3) is 0.353. The number of fused-ring (bicyclic) bond motifs is 1. The van der Waals surface area contributed by atoms with Gasteiger partial charge >= 0.3 is 0 Å². The molecule has 2 N–H and O–H groups in total. The third-order valence-corrected chi connectivity index (χ3v) is 3.45. The van der Waals surface area contributed by atoms with Crippen molar-refractivity contribution in [2.24, 2.45) is 4.99 Å². The third-order valence-electron chi connectivity index (χ3n) is 3.45. The average Bonchev–Trinajstić information content (AvgIpc) is 3.13. The van der Waals surface area contributed by atoms with Crippen molar-refractivity contribution in [2.45, 2.75) is 27.2 Å². The summed E-state index contributed by atoms with van der Waals surface area (Å²) in [6.45, 7) is 5.81. The van der Waals surface area contributed by atoms with Crippen molar-refractivity contribution in [1.29, 1.82) is 5.26 Å². The van der Waals surface area contributed by atoms with E-state index >= 15 is 0 Å². The highest BCUT2D eigenvalue weighted by Crippen LogP contribution is 2.25. The number of anilines is 1. The quantitative estimate of drug-likeness (QED) is 0.541. The first-order valence-corrected chi connectivity index (χ1v) is 8.33. The van der Waals surface area contributed by atoms with E-state index in [1.807, 2.05) is 40.9 Å². The van der Waals surface area contributed by atoms with Gasteiger partial charge in [0.15, 0.2) is 11.3 Å². The molecule has 27 heavy (non-hydrogen) atoms. The molecule has 3 heterocycles. The summed E-state index contributed by atoms with van der Waals surface area (Å²) < 4.78 is 4.68. The number of hydrogen-bond acceptors (Lipinski definition) is 9. The van der Waals surface area contributed by atoms with Gasteiger partial charge in [-0.15, -0.1) is 0 Å². The summed E-state index contributed by atoms with van der Waals surface area (Å²) in [5.74, 6) is 0.770. The number of nitrogen functional groups attached to an aromatic ring is 1. The molecule has 0 aliphatic carbocycles. The topological polar surface area (TPSA) is 143 Å². The summed E-state index contributed by atoms with van der Waals surface area (Å²) in [5, 5.41) is 16.6. The number of hydrogen-bond donors (Lipinski definition) is 1. The van der Waals surface area contributed by atoms with Crippen molar-refractivity contribution < 1.29 is 4.63 Å². The Morgan fingerprint density at radius 1 is 1.30 bits per heavy atom. The van der Waals surface area contributed by atoms with Crippen LogP contribution in [-0.2, 0) is 6.42 Å². The molecule has 0 radical (unpaired) electrons. The lowest BCUT2D eigenvalue weighted by Crippen LogP contribution is -2.08. The first-order chi connectivity index (χ1) is 13.0. The third kappa shape index (κ3) is 4.33. The Morgan fingerprint density at radius 2 is 2.04 bits per heavy atom. The van der Waals surface area contributed by atoms with Crippen LogP contribution in [0.1, 0.15) is 36.5 Å². The zero-order valence-corrected chi connectivity index (χ0v) is 15.9. The van der Waals surface area contributed by atoms with Crippen LogP contribution in [0.15, 0.2) is 15.8 Å². The summed E-state index contributed by atoms with van der Waals surface area (Å²) in [6.07, 6.45) is 3.34. The normalized spacial score (nSPS) is 10.5. The summed E-state index contributed by atoms with van der Waals surface area (Å²) in [6, 6.07) is 2.03. The number of pyridine rings is 1. The van der Waals surface area contributed by atoms with E-state index in [2.05, 4.69) is 34.9 Å². The van der Waals surface area contributed by atoms with Gasteiger partial charge in [0.2, 0.25) is 5.65 Å². The molecule has 0 amide bonds. The monoisotopic (exact) mass is 367 g/mol. The minimum Gasteiger partial charge on any atom is -0.396 e. The van der Waals surface area contributed by atoms with Gasteiger partial charge in [0, 0.05) is 31.8 Å². The Hall–Kier alpha value is -3.61. The lowest BCUT2D eigenvalue weighted by atomic mass is 10.1. The molecule has 3 rings (SSSR count). The molecular weight excluding hydrogens is 346 g/mol. The van der Waals surface area contributed by atoms with Crippen LogP contribution >= 0.6 is 0 Å². The van der Waals surface area contributed by atoms with Crippen molar-refractivity contribution in [1.82, 2.24) is 30.2 Å². The maximum atomic E-state index is 9.17. The number of nitrogens with two attached hydrogens (primary N) is 1. The van der Waals surface area contributed by atoms with E-state index in [0.29, 0.717) is 46.2 Å². The second-order valence-electron chi connectivity index (χ2n) is 5.55. The molecule has 0 saturated heterocycles. The maximum Gasteiger partial charge on any atom is 0.226 e. The van der Waals surface area contributed by atoms with E-state index in [-0.39, 0.29) is 0 Å². The van der Waals surface area contributed by atoms with E-state index in [1.165, 1.54) is 6.20 Å². The summed E-state index contributed by atoms with van der Waals surface area (Å²) in [5.41, 5.74) is 9.06. The molecule has 0 fully saturated rings. The summed E-state index contributed by atoms with van der Waals surface area (Å²) >= 11 is 0. The Kier molecular flexibility index (Phi) is 6.32. The van der Waals surface area contributed by atoms with Gasteiger partial charge in [-0.2, -0.15) is 5.26 Å². The molecule has 0 bridgehead atoms. The smallest absolute Gasteiger partial charge is 0.226 e. The molecule has 0 aliphatic rings. The zero-order valence-electron chi connectivity index (χ0n) is 15.9. The highest BCUT2D eigenvalue weighted by atomic mass is 16.6. The number of nitriles is 1. The van der Waals surface area contributed by atoms with Crippen LogP contribution in [0.4, 0.5) is 11.5 Å². The zero-order chi connectivity index (χ0) is 20.0. The lowest BCUT2D eigenvalue weighted by Gasteiger charge is -2.09. The number of rotatable bonds is 4. The first-order valence-electron chi connectivity index (χ1n) is 8.33. The molecular formula is C17H21N9O. The first kappa shape index (κ1) is 19.7. The van der Waals surface area contributed by atoms with Crippen LogP contribution in [0.2, 0.25) is 0 Å². The number of aliphatic imine (C=N–C) groups is 1. The van der Waals surface area contributed by atoms with Crippen molar-refractivity contribution in [3.8, 4) is 6.07 Å². The standard InChI is InChI=1S/C15H15N9O.C2H6/c1-8-10(12(17)13-15(20-8)23-25-22-13)4-11-18-6-9(5-16)14(21-11)19-7-24(2)3;1-2/h6-7H,4,17H2,1-3H3;1-2H3. The predicted octanol–water partition coefficient (Wildman–Crippen LogP) is 2.01. The molecule has 0 spiro atoms. The minimum absolute atomic E-state index is 0.292. The molecule has 0 aliphatic heterocycles. The van der Waals surface area contributed by atoms with Gasteiger partial charge in [0.1, 0.15) is 17.5 Å². The second kappa shape index (κ2) is 8.66. The maximum absolute atomic E-state index is 9.17. The lowest BCUT2D eigenvalue weighted by molar-refractivity contribution is 0.315. The molecule has 0 unspecified atom stereocenters. The highest BCUT2D eigenvalue weighted by molar-refractivity contribution is 5.85. The molecule has 0 atom stereocenters. The van der Waals surface area contributed by atoms with Gasteiger partial charge in [-0.3, -0.25) is 0 Å². The van der Waals surface area contributed by atoms with Gasteiger partial charge in [0.25, 0.3) is 0 Å². The second-order valence-corrected chi connectivity index (χ2v) is 5.55. The summed E-state index contributed by atoms with van der Waals surface area (Å²) in [4.78, 5) is 18.9. The predicted molar refractivity (Wildman–Crippen MR) is 101 cm³/mol. The largest absolute Gasteiger partial charge is 0.396 e. The van der Waals surface area contributed by atoms with E-state index in [9.17, 15) is 5.26 Å². The summed E-state index contributed by atoms with van der Waals surface area (Å²) in [7, 11) is 3.66. The number of nitrogens with zero attached hydrogens (tertiary/aromatic N) is 8. The van der Waals surface area contributed by atoms with E-state index in [0.717, 1.165) is 5.56 Å². The van der Waals surface area contributed by atoms with Gasteiger partial charge in [0.05, 0.1) is 18.2 Å². The van der Waals surface area contributed by atoms with Crippen LogP contribution in [0.25, 0.3) is 11.2 Å². The SMILES string of the molecule is CC.Cc1nc2nonc2c(N)c1Cc1ncc(C#N)c(N=CN(C)C)n1. The van der Waals surface area contributed by atoms with Crippen molar-refractivity contribution in [2.75, 3.05) is 19.8 Å². The fourth-order valence-electron chi connectivity index (χ4n) is 2.21.